The molecule has 1 heterocycles. The Kier molecular flexibility index (Phi) is 10.2. The van der Waals surface area contributed by atoms with Crippen LogP contribution in [0.4, 0.5) is 0 Å². The van der Waals surface area contributed by atoms with Gasteiger partial charge in [-0.3, -0.25) is 4.99 Å². The molecule has 1 fully saturated rings. The van der Waals surface area contributed by atoms with Crippen LogP contribution < -0.4 is 10.0 Å². The van der Waals surface area contributed by atoms with Gasteiger partial charge in [-0.1, -0.05) is 36.8 Å². The third-order valence-corrected chi connectivity index (χ3v) is 6.56. The highest BCUT2D eigenvalue weighted by Gasteiger charge is 2.20. The summed E-state index contributed by atoms with van der Waals surface area (Å²) in [7, 11) is -1.38. The van der Waals surface area contributed by atoms with Gasteiger partial charge in [0.15, 0.2) is 5.96 Å². The van der Waals surface area contributed by atoms with Crippen LogP contribution in [0, 0.1) is 5.92 Å². The van der Waals surface area contributed by atoms with E-state index < -0.39 is 10.0 Å². The molecule has 0 amide bonds. The maximum atomic E-state index is 12.2. The first-order valence-electron chi connectivity index (χ1n) is 10.5. The molecule has 8 nitrogen and oxygen atoms in total. The zero-order valence-electron chi connectivity index (χ0n) is 18.2. The van der Waals surface area contributed by atoms with Crippen LogP contribution in [0.5, 0.6) is 0 Å². The maximum Gasteiger partial charge on any atom is 0.213 e. The van der Waals surface area contributed by atoms with Crippen LogP contribution in [0.15, 0.2) is 41.5 Å². The van der Waals surface area contributed by atoms with Gasteiger partial charge in [-0.15, -0.1) is 24.0 Å². The van der Waals surface area contributed by atoms with Gasteiger partial charge in [-0.05, 0) is 31.2 Å². The lowest BCUT2D eigenvalue weighted by Crippen LogP contribution is -2.39. The number of benzene rings is 1. The molecule has 172 valence electrons. The Labute approximate surface area is 202 Å². The third kappa shape index (κ3) is 8.08. The molecule has 1 aliphatic carbocycles. The fourth-order valence-corrected chi connectivity index (χ4v) is 4.23. The molecule has 3 N–H and O–H groups in total. The average Bonchev–Trinajstić information content (AvgIpc) is 3.15. The Balaban J connectivity index is 0.00000341. The van der Waals surface area contributed by atoms with Gasteiger partial charge >= 0.3 is 0 Å². The molecule has 0 unspecified atom stereocenters. The van der Waals surface area contributed by atoms with Gasteiger partial charge in [-0.25, -0.2) is 18.1 Å². The number of aliphatic imine (C=N–C) groups is 1. The summed E-state index contributed by atoms with van der Waals surface area (Å²) in [6.07, 6.45) is 5.27. The van der Waals surface area contributed by atoms with Gasteiger partial charge in [0.2, 0.25) is 10.0 Å². The largest absolute Gasteiger partial charge is 0.357 e. The topological polar surface area (TPSA) is 102 Å². The molecule has 0 radical (unpaired) electrons. The van der Waals surface area contributed by atoms with E-state index in [0.29, 0.717) is 31.5 Å². The van der Waals surface area contributed by atoms with Gasteiger partial charge < -0.3 is 15.2 Å². The Morgan fingerprint density at radius 1 is 1.29 bits per heavy atom. The molecule has 0 spiro atoms. The van der Waals surface area contributed by atoms with Gasteiger partial charge in [0.25, 0.3) is 0 Å². The van der Waals surface area contributed by atoms with Crippen molar-refractivity contribution in [3.05, 3.63) is 42.4 Å². The summed E-state index contributed by atoms with van der Waals surface area (Å²) in [5, 5.41) is 3.21. The predicted octanol–water partition coefficient (Wildman–Crippen LogP) is 2.81. The van der Waals surface area contributed by atoms with Gasteiger partial charge in [0.1, 0.15) is 5.82 Å². The summed E-state index contributed by atoms with van der Waals surface area (Å²) >= 11 is 0. The molecule has 1 aromatic carbocycles. The number of imidazole rings is 1. The number of guanidine groups is 1. The van der Waals surface area contributed by atoms with E-state index in [0.717, 1.165) is 29.9 Å². The number of hydrogen-bond acceptors (Lipinski definition) is 4. The Morgan fingerprint density at radius 3 is 2.68 bits per heavy atom. The number of sulfonamides is 1. The fraction of sp³-hybridized carbons (Fsp3) is 0.524. The van der Waals surface area contributed by atoms with Crippen molar-refractivity contribution in [2.24, 2.45) is 10.9 Å². The molecule has 1 aliphatic rings. The number of nitrogens with zero attached hydrogens (tertiary/aromatic N) is 3. The number of aromatic amines is 1. The molecular formula is C21H33IN6O2S. The minimum Gasteiger partial charge on any atom is -0.357 e. The quantitative estimate of drug-likeness (QED) is 0.236. The highest BCUT2D eigenvalue weighted by molar-refractivity contribution is 14.0. The van der Waals surface area contributed by atoms with Crippen LogP contribution in [0.3, 0.4) is 0 Å². The predicted molar refractivity (Wildman–Crippen MR) is 136 cm³/mol. The molecule has 0 saturated heterocycles. The van der Waals surface area contributed by atoms with E-state index in [2.05, 4.69) is 25.0 Å². The third-order valence-electron chi connectivity index (χ3n) is 5.23. The summed E-state index contributed by atoms with van der Waals surface area (Å²) < 4.78 is 27.1. The highest BCUT2D eigenvalue weighted by atomic mass is 127. The SMILES string of the molecule is CCNC(=NCCS(=O)(=O)NCC1CCC1)N(C)Cc1ncc(-c2ccccc2)[nH]1.I. The molecule has 1 saturated carbocycles. The first-order valence-corrected chi connectivity index (χ1v) is 12.2. The van der Waals surface area contributed by atoms with Crippen molar-refractivity contribution in [3.8, 4) is 11.3 Å². The standard InChI is InChI=1S/C21H32N6O2S.HI/c1-3-22-21(23-12-13-30(28,29)25-14-17-8-7-9-17)27(2)16-20-24-15-19(26-20)18-10-5-4-6-11-18;/h4-6,10-11,15,17,25H,3,7-9,12-14,16H2,1-2H3,(H,22,23)(H,24,26);1H. The molecule has 2 aromatic rings. The first-order chi connectivity index (χ1) is 14.5. The van der Waals surface area contributed by atoms with Crippen LogP contribution in [-0.2, 0) is 16.6 Å². The molecule has 31 heavy (non-hydrogen) atoms. The Morgan fingerprint density at radius 2 is 2.03 bits per heavy atom. The molecule has 1 aromatic heterocycles. The first kappa shape index (κ1) is 25.6. The Bertz CT molecular complexity index is 928. The lowest BCUT2D eigenvalue weighted by molar-refractivity contribution is 0.316. The van der Waals surface area contributed by atoms with Crippen molar-refractivity contribution in [1.29, 1.82) is 0 Å². The lowest BCUT2D eigenvalue weighted by Gasteiger charge is -2.25. The summed E-state index contributed by atoms with van der Waals surface area (Å²) in [6.45, 7) is 3.98. The molecule has 10 heteroatoms. The Hall–Kier alpha value is -1.66. The van der Waals surface area contributed by atoms with E-state index >= 15 is 0 Å². The van der Waals surface area contributed by atoms with Crippen LogP contribution in [0.2, 0.25) is 0 Å². The molecule has 3 rings (SSSR count). The lowest BCUT2D eigenvalue weighted by atomic mass is 9.86. The monoisotopic (exact) mass is 560 g/mol. The number of rotatable bonds is 10. The zero-order chi connectivity index (χ0) is 21.4. The molecule has 0 atom stereocenters. The van der Waals surface area contributed by atoms with E-state index in [1.807, 2.05) is 55.4 Å². The number of halogens is 1. The second-order valence-electron chi connectivity index (χ2n) is 7.67. The molecule has 0 bridgehead atoms. The van der Waals surface area contributed by atoms with E-state index in [1.165, 1.54) is 6.42 Å². The summed E-state index contributed by atoms with van der Waals surface area (Å²) in [4.78, 5) is 14.2. The minimum absolute atomic E-state index is 0. The normalized spacial score (nSPS) is 14.6. The van der Waals surface area contributed by atoms with Crippen LogP contribution in [0.25, 0.3) is 11.3 Å². The van der Waals surface area contributed by atoms with E-state index in [4.69, 9.17) is 0 Å². The van der Waals surface area contributed by atoms with Crippen LogP contribution >= 0.6 is 24.0 Å². The van der Waals surface area contributed by atoms with E-state index in [-0.39, 0.29) is 36.3 Å². The minimum atomic E-state index is -3.30. The maximum absolute atomic E-state index is 12.2. The van der Waals surface area contributed by atoms with Gasteiger partial charge in [0.05, 0.1) is 30.7 Å². The zero-order valence-corrected chi connectivity index (χ0v) is 21.3. The van der Waals surface area contributed by atoms with Crippen molar-refractivity contribution in [1.82, 2.24) is 24.9 Å². The number of hydrogen-bond donors (Lipinski definition) is 3. The molecule has 0 aliphatic heterocycles. The smallest absolute Gasteiger partial charge is 0.213 e. The van der Waals surface area contributed by atoms with Crippen molar-refractivity contribution in [2.75, 3.05) is 32.4 Å². The molecular weight excluding hydrogens is 527 g/mol. The van der Waals surface area contributed by atoms with Crippen molar-refractivity contribution < 1.29 is 8.42 Å². The highest BCUT2D eigenvalue weighted by Crippen LogP contribution is 2.25. The van der Waals surface area contributed by atoms with Crippen LogP contribution in [-0.4, -0.2) is 61.7 Å². The second kappa shape index (κ2) is 12.4. The van der Waals surface area contributed by atoms with Crippen molar-refractivity contribution in [2.45, 2.75) is 32.7 Å². The van der Waals surface area contributed by atoms with Gasteiger partial charge in [-0.2, -0.15) is 0 Å². The van der Waals surface area contributed by atoms with Crippen molar-refractivity contribution in [3.63, 3.8) is 0 Å². The summed E-state index contributed by atoms with van der Waals surface area (Å²) in [5.74, 6) is 1.96. The fourth-order valence-electron chi connectivity index (χ4n) is 3.26. The average molecular weight is 561 g/mol. The van der Waals surface area contributed by atoms with Crippen molar-refractivity contribution >= 4 is 40.0 Å². The summed E-state index contributed by atoms with van der Waals surface area (Å²) in [6, 6.07) is 10.0. The number of H-pyrrole nitrogens is 1. The van der Waals surface area contributed by atoms with Gasteiger partial charge in [0, 0.05) is 20.1 Å². The number of nitrogens with one attached hydrogen (secondary N) is 3. The summed E-state index contributed by atoms with van der Waals surface area (Å²) in [5.41, 5.74) is 2.05. The van der Waals surface area contributed by atoms with E-state index in [9.17, 15) is 8.42 Å². The number of aromatic nitrogens is 2. The van der Waals surface area contributed by atoms with E-state index in [1.54, 1.807) is 0 Å². The van der Waals surface area contributed by atoms with Crippen LogP contribution in [0.1, 0.15) is 32.0 Å². The second-order valence-corrected chi connectivity index (χ2v) is 9.59.